The number of benzene rings is 10. The summed E-state index contributed by atoms with van der Waals surface area (Å²) in [6.45, 7) is 6.95. The van der Waals surface area contributed by atoms with Gasteiger partial charge in [0.15, 0.2) is 140 Å². The number of rotatable bonds is 9. The highest BCUT2D eigenvalue weighted by molar-refractivity contribution is 14.1. The zero-order chi connectivity index (χ0) is 87.3. The maximum Gasteiger partial charge on any atom is 0.200 e. The molecule has 0 N–H and O–H groups in total. The third-order valence-corrected chi connectivity index (χ3v) is 27.4. The Hall–Kier alpha value is -7.58. The zero-order valence-electron chi connectivity index (χ0n) is 58.0. The Balaban J connectivity index is 0.000000191. The van der Waals surface area contributed by atoms with Gasteiger partial charge in [0.2, 0.25) is 23.3 Å². The smallest absolute Gasteiger partial charge is 0.200 e. The predicted molar refractivity (Wildman–Crippen MR) is 427 cm³/mol. The summed E-state index contributed by atoms with van der Waals surface area (Å²) in [5.74, 6) is -54.9. The van der Waals surface area contributed by atoms with Crippen molar-refractivity contribution < 1.29 is 123 Å². The van der Waals surface area contributed by atoms with Gasteiger partial charge in [0.05, 0.1) is 33.2 Å². The molecule has 118 heavy (non-hydrogen) atoms. The summed E-state index contributed by atoms with van der Waals surface area (Å²) in [4.78, 5) is 4.44. The molecule has 4 heterocycles. The van der Waals surface area contributed by atoms with Crippen LogP contribution in [0, 0.1) is 198 Å². The van der Waals surface area contributed by atoms with E-state index < -0.39 is 196 Å². The van der Waals surface area contributed by atoms with Crippen LogP contribution >= 0.6 is 154 Å². The lowest BCUT2D eigenvalue weighted by Gasteiger charge is -2.14. The highest BCUT2D eigenvalue weighted by Gasteiger charge is 2.34. The fraction of sp³-hybridized carbons (Fsp3) is 0.0500. The minimum absolute atomic E-state index is 0.0844. The maximum atomic E-state index is 15.8. The van der Waals surface area contributed by atoms with Crippen molar-refractivity contribution in [3.8, 4) is 98.1 Å². The Labute approximate surface area is 724 Å². The lowest BCUT2D eigenvalue weighted by Crippen LogP contribution is -2.04. The van der Waals surface area contributed by atoms with Gasteiger partial charge in [-0.15, -0.1) is 45.3 Å². The van der Waals surface area contributed by atoms with Gasteiger partial charge in [-0.05, 0) is 207 Å². The molecule has 10 aromatic carbocycles. The second-order valence-electron chi connectivity index (χ2n) is 24.0. The average Bonchev–Trinajstić information content (AvgIpc) is 1.56. The van der Waals surface area contributed by atoms with E-state index >= 15 is 8.78 Å². The van der Waals surface area contributed by atoms with E-state index in [2.05, 4.69) is 76.7 Å². The Morgan fingerprint density at radius 1 is 0.203 bits per heavy atom. The van der Waals surface area contributed by atoms with E-state index in [-0.39, 0.29) is 61.4 Å². The van der Waals surface area contributed by atoms with Crippen LogP contribution in [-0.2, 0) is 0 Å². The molecule has 0 bridgehead atoms. The molecule has 14 rings (SSSR count). The molecule has 0 radical (unpaired) electrons. The van der Waals surface area contributed by atoms with Crippen molar-refractivity contribution >= 4 is 154 Å². The van der Waals surface area contributed by atoms with Crippen LogP contribution in [0.1, 0.15) is 19.5 Å². The Bertz CT molecular complexity index is 5840. The fourth-order valence-corrected chi connectivity index (χ4v) is 18.3. The van der Waals surface area contributed by atoms with E-state index in [0.717, 1.165) is 66.7 Å². The molecule has 0 atom stereocenters. The lowest BCUT2D eigenvalue weighted by atomic mass is 9.92. The van der Waals surface area contributed by atoms with E-state index in [1.54, 1.807) is 23.5 Å². The van der Waals surface area contributed by atoms with Gasteiger partial charge in [0.25, 0.3) is 0 Å². The Morgan fingerprint density at radius 3 is 0.602 bits per heavy atom. The van der Waals surface area contributed by atoms with Gasteiger partial charge in [-0.2, -0.15) is 0 Å². The van der Waals surface area contributed by atoms with Crippen LogP contribution in [0.3, 0.4) is 0 Å². The molecule has 0 nitrogen and oxygen atoms in total. The van der Waals surface area contributed by atoms with E-state index in [4.69, 9.17) is 0 Å². The topological polar surface area (TPSA) is 0 Å². The summed E-state index contributed by atoms with van der Waals surface area (Å²) in [5, 5.41) is 0. The monoisotopic (exact) mass is 2220 g/mol. The van der Waals surface area contributed by atoms with Crippen LogP contribution in [0.25, 0.3) is 98.1 Å². The quantitative estimate of drug-likeness (QED) is 0.0585. The molecule has 0 saturated heterocycles. The van der Waals surface area contributed by atoms with Crippen molar-refractivity contribution in [2.24, 2.45) is 0 Å². The minimum Gasteiger partial charge on any atom is -0.203 e. The molecule has 0 spiro atoms. The normalized spacial score (nSPS) is 11.1. The van der Waals surface area contributed by atoms with Gasteiger partial charge in [-0.3, -0.25) is 0 Å². The minimum atomic E-state index is -2.33. The highest BCUT2D eigenvalue weighted by Crippen LogP contribution is 2.49. The summed E-state index contributed by atoms with van der Waals surface area (Å²) in [7, 11) is 0. The molecule has 0 saturated carbocycles. The highest BCUT2D eigenvalue weighted by atomic mass is 127. The molecule has 614 valence electrons. The van der Waals surface area contributed by atoms with Gasteiger partial charge in [0, 0.05) is 58.7 Å². The standard InChI is InChI=1S/C40H16F14S2.C17H8BrF5S.C12H4BrF5.C6F4I2.C5H4Br2S/c1-13-19(11-21(55-13)15-3-7-17(8-4-15)23-27(41)33(47)39(53)34(48)28(23)42)25-26(32(46)38(52)37(51)31(25)45)20-12-22(56-14(20)2)16-5-9-18(10-6-16)24-29(43)35(49)40(54)36(50)30(24)44;1-7-10(18)6-11(24-7)8-2-4-9(5-3-8)12-13(19)15(21)17(23)16(22)14(12)20;13-6-3-1-5(2-4-6)7-8(14)10(16)12(18)11(17)9(7)15;7-1-2(8)4(10)6(12)5(11)3(1)9;1-3-4(6)2-5(7)8-3/h3-12H,1-2H3;2-6H,1H3;1-4H;;2H,1H3. The second-order valence-corrected chi connectivity index (χ2v) is 35.2. The number of thiophene rings is 4. The van der Waals surface area contributed by atoms with Crippen molar-refractivity contribution in [1.82, 2.24) is 0 Å². The first kappa shape index (κ1) is 92.7. The first-order chi connectivity index (χ1) is 55.3. The molecule has 0 aliphatic rings. The lowest BCUT2D eigenvalue weighted by molar-refractivity contribution is 0.381. The maximum absolute atomic E-state index is 15.8. The van der Waals surface area contributed by atoms with E-state index in [1.165, 1.54) is 156 Å². The third-order valence-electron chi connectivity index (χ3n) is 16.8. The second kappa shape index (κ2) is 37.8. The van der Waals surface area contributed by atoms with Crippen molar-refractivity contribution in [2.75, 3.05) is 0 Å². The van der Waals surface area contributed by atoms with Crippen LogP contribution in [0.2, 0.25) is 0 Å². The van der Waals surface area contributed by atoms with Crippen molar-refractivity contribution in [1.29, 1.82) is 0 Å². The van der Waals surface area contributed by atoms with Crippen LogP contribution in [0.4, 0.5) is 123 Å². The van der Waals surface area contributed by atoms with Crippen LogP contribution in [0.5, 0.6) is 0 Å². The summed E-state index contributed by atoms with van der Waals surface area (Å²) < 4.78 is 388. The summed E-state index contributed by atoms with van der Waals surface area (Å²) in [6.07, 6.45) is 0. The Morgan fingerprint density at radius 2 is 0.390 bits per heavy atom. The van der Waals surface area contributed by atoms with Gasteiger partial charge < -0.3 is 0 Å². The van der Waals surface area contributed by atoms with E-state index in [0.29, 0.717) is 14.2 Å². The van der Waals surface area contributed by atoms with Gasteiger partial charge in [-0.1, -0.05) is 101 Å². The van der Waals surface area contributed by atoms with Crippen LogP contribution in [-0.4, -0.2) is 0 Å². The zero-order valence-corrected chi connectivity index (χ0v) is 72.0. The van der Waals surface area contributed by atoms with Gasteiger partial charge >= 0.3 is 0 Å². The molecule has 0 unspecified atom stereocenters. The summed E-state index contributed by atoms with van der Waals surface area (Å²) in [6, 6.07) is 27.1. The molecular formula is C80H32Br4F28I2S4. The van der Waals surface area contributed by atoms with E-state index in [1.807, 2.05) is 13.0 Å². The van der Waals surface area contributed by atoms with Crippen molar-refractivity contribution in [3.05, 3.63) is 328 Å². The van der Waals surface area contributed by atoms with E-state index in [9.17, 15) is 114 Å². The molecule has 4 aromatic heterocycles. The SMILES string of the molecule is Cc1sc(-c2ccc(-c3c(F)c(F)c(F)c(F)c3F)cc2)cc1-c1c(F)c(F)c(F)c(F)c1-c1cc(-c2ccc(-c3c(F)c(F)c(F)c(F)c3F)cc2)sc1C.Cc1sc(-c2ccc(-c3c(F)c(F)c(F)c(F)c3F)cc2)cc1Br.Cc1sc(Br)cc1Br.Fc1c(F)c(F)c(-c2ccc(Br)cc2)c(F)c1F.Fc1c(F)c(F)c(I)c(I)c1F. The molecule has 0 amide bonds. The first-order valence-corrected chi connectivity index (χ1v) is 40.5. The van der Waals surface area contributed by atoms with Crippen LogP contribution < -0.4 is 0 Å². The van der Waals surface area contributed by atoms with Crippen LogP contribution in [0.15, 0.2) is 139 Å². The molecular weight excluding hydrogens is 2190 g/mol. The van der Waals surface area contributed by atoms with Crippen molar-refractivity contribution in [2.45, 2.75) is 27.7 Å². The number of hydrogen-bond acceptors (Lipinski definition) is 4. The number of halogens is 34. The molecule has 0 aliphatic heterocycles. The molecule has 0 fully saturated rings. The largest absolute Gasteiger partial charge is 0.203 e. The molecule has 0 aliphatic carbocycles. The third kappa shape index (κ3) is 18.4. The molecule has 38 heteroatoms. The number of aryl methyl sites for hydroxylation is 4. The fourth-order valence-electron chi connectivity index (χ4n) is 10.9. The van der Waals surface area contributed by atoms with Crippen molar-refractivity contribution in [3.63, 3.8) is 0 Å². The number of hydrogen-bond donors (Lipinski definition) is 0. The predicted octanol–water partition coefficient (Wildman–Crippen LogP) is 33.1. The first-order valence-electron chi connectivity index (χ1n) is 31.9. The Kier molecular flexibility index (Phi) is 29.7. The average molecular weight is 2230 g/mol. The van der Waals surface area contributed by atoms with Gasteiger partial charge in [-0.25, -0.2) is 123 Å². The summed E-state index contributed by atoms with van der Waals surface area (Å²) >= 11 is 21.3. The molecule has 14 aromatic rings. The summed E-state index contributed by atoms with van der Waals surface area (Å²) in [5.41, 5.74) is -5.31. The van der Waals surface area contributed by atoms with Gasteiger partial charge in [0.1, 0.15) is 0 Å².